The van der Waals surface area contributed by atoms with E-state index in [9.17, 15) is 9.59 Å². The zero-order valence-electron chi connectivity index (χ0n) is 14.0. The lowest BCUT2D eigenvalue weighted by molar-refractivity contribution is -0.116. The van der Waals surface area contributed by atoms with Crippen LogP contribution < -0.4 is 20.1 Å². The first-order chi connectivity index (χ1) is 12.0. The van der Waals surface area contributed by atoms with Crippen LogP contribution in [0.4, 0.5) is 5.69 Å². The van der Waals surface area contributed by atoms with Gasteiger partial charge in [-0.2, -0.15) is 0 Å². The topological polar surface area (TPSA) is 76.7 Å². The highest BCUT2D eigenvalue weighted by Gasteiger charge is 2.12. The van der Waals surface area contributed by atoms with Gasteiger partial charge in [0.1, 0.15) is 0 Å². The van der Waals surface area contributed by atoms with Gasteiger partial charge in [0.2, 0.25) is 5.91 Å². The van der Waals surface area contributed by atoms with E-state index >= 15 is 0 Å². The van der Waals surface area contributed by atoms with Gasteiger partial charge >= 0.3 is 0 Å². The van der Waals surface area contributed by atoms with Gasteiger partial charge < -0.3 is 20.1 Å². The molecule has 2 aromatic carbocycles. The molecule has 0 unspecified atom stereocenters. The number of halogens is 1. The summed E-state index contributed by atoms with van der Waals surface area (Å²) in [6.07, 6.45) is 0.114. The molecule has 132 valence electrons. The SMILES string of the molecule is COc1cc(Cl)c(NC(=O)CCNC(=O)c2ccccc2)cc1OC. The minimum absolute atomic E-state index is 0.114. The number of carbonyl (C=O) groups is 2. The Kier molecular flexibility index (Phi) is 6.65. The van der Waals surface area contributed by atoms with Crippen molar-refractivity contribution in [3.8, 4) is 11.5 Å². The average Bonchev–Trinajstić information content (AvgIpc) is 2.63. The molecule has 0 saturated heterocycles. The van der Waals surface area contributed by atoms with E-state index in [2.05, 4.69) is 10.6 Å². The van der Waals surface area contributed by atoms with Crippen LogP contribution >= 0.6 is 11.6 Å². The minimum atomic E-state index is -0.275. The number of carbonyl (C=O) groups excluding carboxylic acids is 2. The summed E-state index contributed by atoms with van der Waals surface area (Å²) in [4.78, 5) is 23.9. The molecule has 2 aromatic rings. The molecule has 6 nitrogen and oxygen atoms in total. The number of amides is 2. The Hall–Kier alpha value is -2.73. The minimum Gasteiger partial charge on any atom is -0.493 e. The largest absolute Gasteiger partial charge is 0.493 e. The summed E-state index contributed by atoms with van der Waals surface area (Å²) in [5.74, 6) is 0.431. The maximum absolute atomic E-state index is 12.0. The van der Waals surface area contributed by atoms with Crippen LogP contribution in [0.15, 0.2) is 42.5 Å². The summed E-state index contributed by atoms with van der Waals surface area (Å²) in [5, 5.41) is 5.72. The first kappa shape index (κ1) is 18.6. The Bertz CT molecular complexity index is 750. The maximum atomic E-state index is 12.0. The van der Waals surface area contributed by atoms with Crippen LogP contribution in [-0.4, -0.2) is 32.6 Å². The first-order valence-electron chi connectivity index (χ1n) is 7.59. The van der Waals surface area contributed by atoms with E-state index in [1.807, 2.05) is 6.07 Å². The molecule has 2 N–H and O–H groups in total. The second-order valence-electron chi connectivity index (χ2n) is 5.11. The summed E-state index contributed by atoms with van der Waals surface area (Å²) < 4.78 is 10.3. The van der Waals surface area contributed by atoms with Crippen LogP contribution in [0.25, 0.3) is 0 Å². The predicted octanol–water partition coefficient (Wildman–Crippen LogP) is 3.12. The van der Waals surface area contributed by atoms with Crippen molar-refractivity contribution in [1.82, 2.24) is 5.32 Å². The van der Waals surface area contributed by atoms with Crippen molar-refractivity contribution in [1.29, 1.82) is 0 Å². The molecule has 0 fully saturated rings. The first-order valence-corrected chi connectivity index (χ1v) is 7.97. The van der Waals surface area contributed by atoms with Gasteiger partial charge in [0.25, 0.3) is 5.91 Å². The van der Waals surface area contributed by atoms with Crippen LogP contribution in [0.2, 0.25) is 5.02 Å². The van der Waals surface area contributed by atoms with Gasteiger partial charge in [0.05, 0.1) is 24.9 Å². The van der Waals surface area contributed by atoms with Gasteiger partial charge in [-0.05, 0) is 12.1 Å². The average molecular weight is 363 g/mol. The van der Waals surface area contributed by atoms with Gasteiger partial charge in [0, 0.05) is 30.7 Å². The Labute approximate surface area is 151 Å². The number of benzene rings is 2. The molecule has 0 aliphatic carbocycles. The Morgan fingerprint density at radius 1 is 1.04 bits per heavy atom. The second-order valence-corrected chi connectivity index (χ2v) is 5.51. The zero-order valence-corrected chi connectivity index (χ0v) is 14.7. The molecule has 0 atom stereocenters. The molecule has 25 heavy (non-hydrogen) atoms. The lowest BCUT2D eigenvalue weighted by Crippen LogP contribution is -2.27. The number of methoxy groups -OCH3 is 2. The zero-order chi connectivity index (χ0) is 18.2. The fourth-order valence-electron chi connectivity index (χ4n) is 2.14. The molecule has 0 bridgehead atoms. The summed E-state index contributed by atoms with van der Waals surface area (Å²) in [6.45, 7) is 0.213. The smallest absolute Gasteiger partial charge is 0.251 e. The lowest BCUT2D eigenvalue weighted by Gasteiger charge is -2.12. The van der Waals surface area contributed by atoms with E-state index in [0.29, 0.717) is 27.8 Å². The number of rotatable bonds is 7. The van der Waals surface area contributed by atoms with E-state index in [0.717, 1.165) is 0 Å². The van der Waals surface area contributed by atoms with E-state index < -0.39 is 0 Å². The van der Waals surface area contributed by atoms with E-state index in [4.69, 9.17) is 21.1 Å². The number of anilines is 1. The molecule has 0 saturated carbocycles. The molecule has 0 radical (unpaired) electrons. The van der Waals surface area contributed by atoms with Crippen LogP contribution in [0, 0.1) is 0 Å². The van der Waals surface area contributed by atoms with E-state index in [1.165, 1.54) is 14.2 Å². The molecular weight excluding hydrogens is 344 g/mol. The van der Waals surface area contributed by atoms with E-state index in [1.54, 1.807) is 36.4 Å². The normalized spacial score (nSPS) is 10.0. The third-order valence-electron chi connectivity index (χ3n) is 3.42. The van der Waals surface area contributed by atoms with Crippen molar-refractivity contribution in [3.05, 3.63) is 53.1 Å². The number of hydrogen-bond acceptors (Lipinski definition) is 4. The Morgan fingerprint density at radius 3 is 2.32 bits per heavy atom. The standard InChI is InChI=1S/C18H19ClN2O4/c1-24-15-10-13(19)14(11-16(15)25-2)21-17(22)8-9-20-18(23)12-6-4-3-5-7-12/h3-7,10-11H,8-9H2,1-2H3,(H,20,23)(H,21,22). The van der Waals surface area contributed by atoms with Crippen LogP contribution in [0.5, 0.6) is 11.5 Å². The molecule has 0 aromatic heterocycles. The van der Waals surface area contributed by atoms with E-state index in [-0.39, 0.29) is 24.8 Å². The molecule has 2 amide bonds. The second kappa shape index (κ2) is 8.94. The lowest BCUT2D eigenvalue weighted by atomic mass is 10.2. The quantitative estimate of drug-likeness (QED) is 0.793. The molecule has 2 rings (SSSR count). The van der Waals surface area contributed by atoms with Crippen molar-refractivity contribution in [2.24, 2.45) is 0 Å². The third-order valence-corrected chi connectivity index (χ3v) is 3.73. The molecule has 0 aliphatic heterocycles. The predicted molar refractivity (Wildman–Crippen MR) is 96.6 cm³/mol. The molecule has 7 heteroatoms. The van der Waals surface area contributed by atoms with Crippen molar-refractivity contribution in [3.63, 3.8) is 0 Å². The van der Waals surface area contributed by atoms with Gasteiger partial charge in [0.15, 0.2) is 11.5 Å². The number of hydrogen-bond donors (Lipinski definition) is 2. The van der Waals surface area contributed by atoms with Gasteiger partial charge in [-0.1, -0.05) is 29.8 Å². The third kappa shape index (κ3) is 5.12. The van der Waals surface area contributed by atoms with Crippen molar-refractivity contribution >= 4 is 29.1 Å². The molecule has 0 aliphatic rings. The summed E-state index contributed by atoms with van der Waals surface area (Å²) in [5.41, 5.74) is 0.963. The number of nitrogens with one attached hydrogen (secondary N) is 2. The van der Waals surface area contributed by atoms with Gasteiger partial charge in [-0.15, -0.1) is 0 Å². The van der Waals surface area contributed by atoms with Crippen LogP contribution in [0.1, 0.15) is 16.8 Å². The highest BCUT2D eigenvalue weighted by atomic mass is 35.5. The van der Waals surface area contributed by atoms with Gasteiger partial charge in [-0.25, -0.2) is 0 Å². The number of ether oxygens (including phenoxy) is 2. The summed E-state index contributed by atoms with van der Waals surface area (Å²) in [6, 6.07) is 11.9. The summed E-state index contributed by atoms with van der Waals surface area (Å²) >= 11 is 6.13. The molecule has 0 heterocycles. The monoisotopic (exact) mass is 362 g/mol. The van der Waals surface area contributed by atoms with Crippen LogP contribution in [0.3, 0.4) is 0 Å². The van der Waals surface area contributed by atoms with Crippen molar-refractivity contribution in [2.75, 3.05) is 26.1 Å². The fourth-order valence-corrected chi connectivity index (χ4v) is 2.34. The highest BCUT2D eigenvalue weighted by molar-refractivity contribution is 6.34. The van der Waals surface area contributed by atoms with Crippen molar-refractivity contribution in [2.45, 2.75) is 6.42 Å². The fraction of sp³-hybridized carbons (Fsp3) is 0.222. The Morgan fingerprint density at radius 2 is 1.68 bits per heavy atom. The highest BCUT2D eigenvalue weighted by Crippen LogP contribution is 2.35. The Balaban J connectivity index is 1.89. The molecule has 0 spiro atoms. The van der Waals surface area contributed by atoms with Crippen molar-refractivity contribution < 1.29 is 19.1 Å². The van der Waals surface area contributed by atoms with Gasteiger partial charge in [-0.3, -0.25) is 9.59 Å². The van der Waals surface area contributed by atoms with Crippen LogP contribution in [-0.2, 0) is 4.79 Å². The maximum Gasteiger partial charge on any atom is 0.251 e. The molecular formula is C18H19ClN2O4. The summed E-state index contributed by atoms with van der Waals surface area (Å²) in [7, 11) is 3.00.